The van der Waals surface area contributed by atoms with Crippen LogP contribution in [-0.4, -0.2) is 38.3 Å². The number of benzene rings is 2. The van der Waals surface area contributed by atoms with Crippen LogP contribution in [-0.2, 0) is 16.9 Å². The Morgan fingerprint density at radius 1 is 1.16 bits per heavy atom. The summed E-state index contributed by atoms with van der Waals surface area (Å²) in [5.41, 5.74) is 3.01. The highest BCUT2D eigenvalue weighted by Gasteiger charge is 2.67. The molecule has 31 heavy (non-hydrogen) atoms. The minimum Gasteiger partial charge on any atom is -0.328 e. The van der Waals surface area contributed by atoms with E-state index >= 15 is 0 Å². The minimum atomic E-state index is -0.882. The molecule has 4 atom stereocenters. The third-order valence-electron chi connectivity index (χ3n) is 7.75. The highest BCUT2D eigenvalue weighted by Crippen LogP contribution is 2.59. The van der Waals surface area contributed by atoms with Gasteiger partial charge in [0.05, 0.1) is 22.3 Å². The van der Waals surface area contributed by atoms with Crippen molar-refractivity contribution in [2.75, 3.05) is 11.9 Å². The van der Waals surface area contributed by atoms with Gasteiger partial charge in [0.1, 0.15) is 11.4 Å². The molecule has 4 heterocycles. The fourth-order valence-electron chi connectivity index (χ4n) is 6.26. The van der Waals surface area contributed by atoms with Crippen LogP contribution in [0.4, 0.5) is 5.69 Å². The Hall–Kier alpha value is -2.08. The Bertz CT molecular complexity index is 1250. The molecule has 1 aromatic heterocycles. The highest BCUT2D eigenvalue weighted by molar-refractivity contribution is 6.31. The lowest BCUT2D eigenvalue weighted by molar-refractivity contribution is -0.127. The summed E-state index contributed by atoms with van der Waals surface area (Å²) in [6.45, 7) is 1.80. The van der Waals surface area contributed by atoms with Crippen molar-refractivity contribution < 1.29 is 4.79 Å². The van der Waals surface area contributed by atoms with Crippen LogP contribution in [0.3, 0.4) is 0 Å². The standard InChI is InChI=1S/C24H22Cl2N4O/c25-14-7-8-15-17(11-14)28-23(31)24(15)21(26)20-19(30(24)12-13-5-6-13)9-10-29-18-4-2-1-3-16(18)27-22(20)29/h1-4,7-8,11,13,19-21H,5-6,9-10,12H2,(H,28,31)/t19-,20+,21?,24+/m0/s1. The number of anilines is 1. The first-order valence-corrected chi connectivity index (χ1v) is 11.9. The number of aromatic nitrogens is 2. The fourth-order valence-corrected chi connectivity index (χ4v) is 7.06. The summed E-state index contributed by atoms with van der Waals surface area (Å²) in [4.78, 5) is 21.2. The molecule has 5 nitrogen and oxygen atoms in total. The Morgan fingerprint density at radius 3 is 2.84 bits per heavy atom. The third-order valence-corrected chi connectivity index (χ3v) is 8.57. The van der Waals surface area contributed by atoms with E-state index < -0.39 is 10.9 Å². The smallest absolute Gasteiger partial charge is 0.251 e. The van der Waals surface area contributed by atoms with Crippen LogP contribution in [0.1, 0.15) is 36.6 Å². The number of carbonyl (C=O) groups is 1. The van der Waals surface area contributed by atoms with E-state index in [2.05, 4.69) is 33.0 Å². The molecule has 0 radical (unpaired) electrons. The molecule has 1 saturated carbocycles. The van der Waals surface area contributed by atoms with Crippen molar-refractivity contribution in [3.8, 4) is 0 Å². The third kappa shape index (κ3) is 2.32. The van der Waals surface area contributed by atoms with Gasteiger partial charge in [-0.25, -0.2) is 4.98 Å². The molecule has 3 aliphatic heterocycles. The lowest BCUT2D eigenvalue weighted by atomic mass is 9.83. The Labute approximate surface area is 190 Å². The second kappa shape index (κ2) is 6.25. The van der Waals surface area contributed by atoms with Gasteiger partial charge >= 0.3 is 0 Å². The van der Waals surface area contributed by atoms with E-state index in [0.29, 0.717) is 10.9 Å². The Balaban J connectivity index is 1.45. The van der Waals surface area contributed by atoms with E-state index in [4.69, 9.17) is 28.2 Å². The quantitative estimate of drug-likeness (QED) is 0.571. The largest absolute Gasteiger partial charge is 0.328 e. The molecule has 4 aliphatic rings. The van der Waals surface area contributed by atoms with Crippen LogP contribution >= 0.6 is 23.2 Å². The normalized spacial score (nSPS) is 31.7. The van der Waals surface area contributed by atoms with Gasteiger partial charge in [-0.05, 0) is 49.4 Å². The molecule has 1 amide bonds. The zero-order valence-electron chi connectivity index (χ0n) is 16.9. The van der Waals surface area contributed by atoms with Gasteiger partial charge in [0.15, 0.2) is 0 Å². The number of imidazole rings is 1. The number of rotatable bonds is 2. The van der Waals surface area contributed by atoms with E-state index in [1.54, 1.807) is 0 Å². The maximum absolute atomic E-state index is 13.7. The number of likely N-dealkylation sites (tertiary alicyclic amines) is 1. The molecule has 7 rings (SSSR count). The van der Waals surface area contributed by atoms with Gasteiger partial charge < -0.3 is 9.88 Å². The second-order valence-electron chi connectivity index (χ2n) is 9.40. The maximum Gasteiger partial charge on any atom is 0.251 e. The van der Waals surface area contributed by atoms with Gasteiger partial charge in [0.25, 0.3) is 5.91 Å². The van der Waals surface area contributed by atoms with Gasteiger partial charge in [-0.3, -0.25) is 9.69 Å². The molecule has 158 valence electrons. The summed E-state index contributed by atoms with van der Waals surface area (Å²) >= 11 is 13.6. The number of nitrogens with zero attached hydrogens (tertiary/aromatic N) is 3. The van der Waals surface area contributed by atoms with Gasteiger partial charge in [-0.15, -0.1) is 11.6 Å². The van der Waals surface area contributed by atoms with Gasteiger partial charge in [0.2, 0.25) is 0 Å². The number of amides is 1. The fraction of sp³-hybridized carbons (Fsp3) is 0.417. The molecule has 1 N–H and O–H groups in total. The molecule has 1 unspecified atom stereocenters. The zero-order chi connectivity index (χ0) is 20.9. The summed E-state index contributed by atoms with van der Waals surface area (Å²) in [6, 6.07) is 14.2. The lowest BCUT2D eigenvalue weighted by Crippen LogP contribution is -2.53. The van der Waals surface area contributed by atoms with Crippen molar-refractivity contribution in [1.29, 1.82) is 0 Å². The molecular weight excluding hydrogens is 431 g/mol. The zero-order valence-corrected chi connectivity index (χ0v) is 18.4. The number of nitrogens with one attached hydrogen (secondary N) is 1. The molecule has 3 aromatic rings. The summed E-state index contributed by atoms with van der Waals surface area (Å²) in [5.74, 6) is 1.63. The van der Waals surface area contributed by atoms with E-state index in [0.717, 1.165) is 47.6 Å². The molecular formula is C24H22Cl2N4O. The average molecular weight is 453 g/mol. The maximum atomic E-state index is 13.7. The number of aryl methyl sites for hydroxylation is 1. The van der Waals surface area contributed by atoms with Crippen LogP contribution < -0.4 is 5.32 Å². The highest BCUT2D eigenvalue weighted by atomic mass is 35.5. The van der Waals surface area contributed by atoms with Gasteiger partial charge in [-0.2, -0.15) is 0 Å². The predicted octanol–water partition coefficient (Wildman–Crippen LogP) is 4.73. The predicted molar refractivity (Wildman–Crippen MR) is 122 cm³/mol. The second-order valence-corrected chi connectivity index (χ2v) is 10.3. The van der Waals surface area contributed by atoms with E-state index in [1.807, 2.05) is 24.3 Å². The summed E-state index contributed by atoms with van der Waals surface area (Å²) < 4.78 is 2.32. The monoisotopic (exact) mass is 452 g/mol. The number of fused-ring (bicyclic) bond motifs is 7. The number of hydrogen-bond acceptors (Lipinski definition) is 3. The van der Waals surface area contributed by atoms with Crippen LogP contribution in [0, 0.1) is 5.92 Å². The van der Waals surface area contributed by atoms with Gasteiger partial charge in [-0.1, -0.05) is 29.8 Å². The van der Waals surface area contributed by atoms with Crippen LogP contribution in [0.15, 0.2) is 42.5 Å². The lowest BCUT2D eigenvalue weighted by Gasteiger charge is -2.38. The number of hydrogen-bond donors (Lipinski definition) is 1. The summed E-state index contributed by atoms with van der Waals surface area (Å²) in [7, 11) is 0. The first-order valence-electron chi connectivity index (χ1n) is 11.1. The van der Waals surface area contributed by atoms with Crippen molar-refractivity contribution in [2.45, 2.75) is 48.7 Å². The van der Waals surface area contributed by atoms with Crippen molar-refractivity contribution in [3.63, 3.8) is 0 Å². The van der Waals surface area contributed by atoms with Crippen molar-refractivity contribution in [1.82, 2.24) is 14.5 Å². The summed E-state index contributed by atoms with van der Waals surface area (Å²) in [5, 5.41) is 3.32. The SMILES string of the molecule is O=C1Nc2cc(Cl)ccc2[C@@]12C(Cl)[C@@H]1c3nc4ccccc4n3CC[C@@H]1N2CC1CC1. The van der Waals surface area contributed by atoms with Crippen LogP contribution in [0.2, 0.25) is 5.02 Å². The van der Waals surface area contributed by atoms with E-state index in [-0.39, 0.29) is 17.9 Å². The van der Waals surface area contributed by atoms with E-state index in [9.17, 15) is 4.79 Å². The van der Waals surface area contributed by atoms with E-state index in [1.165, 1.54) is 12.8 Å². The topological polar surface area (TPSA) is 50.2 Å². The molecule has 0 bridgehead atoms. The Morgan fingerprint density at radius 2 is 2.00 bits per heavy atom. The molecule has 2 fully saturated rings. The Kier molecular flexibility index (Phi) is 3.72. The van der Waals surface area contributed by atoms with Crippen molar-refractivity contribution in [3.05, 3.63) is 58.9 Å². The first kappa shape index (κ1) is 18.5. The molecule has 7 heteroatoms. The first-order chi connectivity index (χ1) is 15.1. The summed E-state index contributed by atoms with van der Waals surface area (Å²) in [6.07, 6.45) is 3.42. The molecule has 2 aromatic carbocycles. The molecule has 1 spiro atoms. The van der Waals surface area contributed by atoms with Crippen molar-refractivity contribution in [2.24, 2.45) is 5.92 Å². The molecule has 1 saturated heterocycles. The number of carbonyl (C=O) groups excluding carboxylic acids is 1. The van der Waals surface area contributed by atoms with Crippen LogP contribution in [0.25, 0.3) is 11.0 Å². The minimum absolute atomic E-state index is 0.00561. The number of alkyl halides is 1. The number of para-hydroxylation sites is 2. The van der Waals surface area contributed by atoms with Crippen LogP contribution in [0.5, 0.6) is 0 Å². The van der Waals surface area contributed by atoms with Crippen molar-refractivity contribution >= 4 is 45.8 Å². The average Bonchev–Trinajstić information content (AvgIpc) is 3.36. The van der Waals surface area contributed by atoms with Gasteiger partial charge in [0, 0.05) is 35.4 Å². The molecule has 1 aliphatic carbocycles. The number of halogens is 2.